The van der Waals surface area contributed by atoms with Crippen molar-refractivity contribution in [3.05, 3.63) is 54.2 Å². The van der Waals surface area contributed by atoms with Gasteiger partial charge < -0.3 is 15.4 Å². The molecule has 0 aliphatic carbocycles. The van der Waals surface area contributed by atoms with Crippen molar-refractivity contribution in [1.82, 2.24) is 4.98 Å². The second-order valence-corrected chi connectivity index (χ2v) is 5.58. The molecule has 0 spiro atoms. The van der Waals surface area contributed by atoms with Crippen LogP contribution < -0.4 is 15.4 Å². The van der Waals surface area contributed by atoms with E-state index in [2.05, 4.69) is 33.5 Å². The van der Waals surface area contributed by atoms with Crippen LogP contribution in [0.25, 0.3) is 10.9 Å². The maximum atomic E-state index is 11.7. The van der Waals surface area contributed by atoms with Crippen LogP contribution in [0.15, 0.2) is 48.7 Å². The van der Waals surface area contributed by atoms with Crippen LogP contribution in [-0.2, 0) is 4.79 Å². The Morgan fingerprint density at radius 2 is 2.04 bits per heavy atom. The highest BCUT2D eigenvalue weighted by molar-refractivity contribution is 6.06. The Hall–Kier alpha value is -4.03. The van der Waals surface area contributed by atoms with Gasteiger partial charge in [-0.1, -0.05) is 12.0 Å². The Morgan fingerprint density at radius 3 is 2.78 bits per heavy atom. The number of ether oxygens (including phenoxy) is 1. The van der Waals surface area contributed by atoms with Crippen LogP contribution in [0.3, 0.4) is 0 Å². The number of rotatable bonds is 4. The summed E-state index contributed by atoms with van der Waals surface area (Å²) in [5, 5.41) is 16.2. The smallest absolute Gasteiger partial charge is 0.300 e. The number of fused-ring (bicyclic) bond motifs is 1. The number of amides is 1. The van der Waals surface area contributed by atoms with Crippen molar-refractivity contribution in [2.45, 2.75) is 6.92 Å². The van der Waals surface area contributed by atoms with Crippen molar-refractivity contribution in [3.63, 3.8) is 0 Å². The highest BCUT2D eigenvalue weighted by Gasteiger charge is 2.11. The lowest BCUT2D eigenvalue weighted by atomic mass is 10.1. The number of aromatic nitrogens is 1. The van der Waals surface area contributed by atoms with Gasteiger partial charge in [-0.3, -0.25) is 9.78 Å². The third-order valence-corrected chi connectivity index (χ3v) is 3.82. The molecule has 1 heterocycles. The van der Waals surface area contributed by atoms with Gasteiger partial charge in [0.05, 0.1) is 23.9 Å². The molecule has 0 saturated heterocycles. The molecule has 0 saturated carbocycles. The molecule has 3 rings (SSSR count). The number of methoxy groups -OCH3 is 1. The summed E-state index contributed by atoms with van der Waals surface area (Å²) >= 11 is 0. The van der Waals surface area contributed by atoms with Crippen LogP contribution in [0.5, 0.6) is 5.75 Å². The Labute approximate surface area is 156 Å². The first-order chi connectivity index (χ1) is 13.1. The van der Waals surface area contributed by atoms with Crippen molar-refractivity contribution in [1.29, 1.82) is 5.26 Å². The lowest BCUT2D eigenvalue weighted by Crippen LogP contribution is -2.08. The molecule has 132 valence electrons. The quantitative estimate of drug-likeness (QED) is 0.694. The Bertz CT molecular complexity index is 1120. The predicted molar refractivity (Wildman–Crippen MR) is 105 cm³/mol. The molecule has 3 aromatic rings. The third kappa shape index (κ3) is 3.97. The fraction of sp³-hybridized carbons (Fsp3) is 0.0952. The van der Waals surface area contributed by atoms with Crippen molar-refractivity contribution in [2.75, 3.05) is 17.7 Å². The van der Waals surface area contributed by atoms with Crippen molar-refractivity contribution < 1.29 is 9.53 Å². The van der Waals surface area contributed by atoms with Gasteiger partial charge >= 0.3 is 0 Å². The van der Waals surface area contributed by atoms with Gasteiger partial charge in [-0.25, -0.2) is 0 Å². The van der Waals surface area contributed by atoms with E-state index in [0.29, 0.717) is 33.6 Å². The highest BCUT2D eigenvalue weighted by atomic mass is 16.5. The van der Waals surface area contributed by atoms with Gasteiger partial charge in [-0.2, -0.15) is 5.26 Å². The number of carbonyl (C=O) groups is 1. The van der Waals surface area contributed by atoms with Gasteiger partial charge in [0.25, 0.3) is 5.91 Å². The van der Waals surface area contributed by atoms with Gasteiger partial charge in [0.15, 0.2) is 0 Å². The number of carbonyl (C=O) groups excluding carboxylic acids is 1. The van der Waals surface area contributed by atoms with E-state index in [9.17, 15) is 10.1 Å². The first kappa shape index (κ1) is 17.8. The summed E-state index contributed by atoms with van der Waals surface area (Å²) in [6.45, 7) is 1.60. The number of nitriles is 1. The summed E-state index contributed by atoms with van der Waals surface area (Å²) in [7, 11) is 1.59. The summed E-state index contributed by atoms with van der Waals surface area (Å²) in [5.41, 5.74) is 3.03. The molecular formula is C21H16N4O2. The van der Waals surface area contributed by atoms with Crippen LogP contribution in [0.1, 0.15) is 12.5 Å². The van der Waals surface area contributed by atoms with E-state index < -0.39 is 5.91 Å². The summed E-state index contributed by atoms with van der Waals surface area (Å²) in [5.74, 6) is 5.29. The van der Waals surface area contributed by atoms with Gasteiger partial charge in [0.2, 0.25) is 0 Å². The van der Waals surface area contributed by atoms with Gasteiger partial charge in [-0.15, -0.1) is 0 Å². The average Bonchev–Trinajstić information content (AvgIpc) is 2.68. The SMILES string of the molecule is CC#CC(=O)Nc1ccc2ncc(C#N)c(Nc3cccc(OC)c3)c2c1. The molecule has 27 heavy (non-hydrogen) atoms. The van der Waals surface area contributed by atoms with E-state index >= 15 is 0 Å². The molecule has 0 radical (unpaired) electrons. The molecule has 0 aliphatic heterocycles. The number of pyridine rings is 1. The zero-order valence-corrected chi connectivity index (χ0v) is 14.8. The lowest BCUT2D eigenvalue weighted by Gasteiger charge is -2.13. The van der Waals surface area contributed by atoms with Crippen LogP contribution >= 0.6 is 0 Å². The zero-order valence-electron chi connectivity index (χ0n) is 14.8. The summed E-state index contributed by atoms with van der Waals surface area (Å²) in [4.78, 5) is 16.1. The molecule has 0 fully saturated rings. The predicted octanol–water partition coefficient (Wildman–Crippen LogP) is 3.82. The maximum absolute atomic E-state index is 11.7. The first-order valence-corrected chi connectivity index (χ1v) is 8.12. The van der Waals surface area contributed by atoms with Crippen molar-refractivity contribution in [2.24, 2.45) is 0 Å². The van der Waals surface area contributed by atoms with E-state index in [-0.39, 0.29) is 0 Å². The second-order valence-electron chi connectivity index (χ2n) is 5.58. The van der Waals surface area contributed by atoms with Crippen LogP contribution in [0.4, 0.5) is 17.1 Å². The minimum absolute atomic E-state index is 0.391. The Kier molecular flexibility index (Phi) is 5.20. The molecule has 1 aromatic heterocycles. The van der Waals surface area contributed by atoms with Crippen molar-refractivity contribution >= 4 is 33.9 Å². The van der Waals surface area contributed by atoms with Gasteiger partial charge in [0, 0.05) is 29.0 Å². The molecule has 2 aromatic carbocycles. The number of hydrogen-bond donors (Lipinski definition) is 2. The van der Waals surface area contributed by atoms with Crippen LogP contribution in [0.2, 0.25) is 0 Å². The lowest BCUT2D eigenvalue weighted by molar-refractivity contribution is -0.111. The van der Waals surface area contributed by atoms with E-state index in [1.165, 1.54) is 6.20 Å². The second kappa shape index (κ2) is 7.90. The topological polar surface area (TPSA) is 87.0 Å². The molecule has 0 bridgehead atoms. The zero-order chi connectivity index (χ0) is 19.2. The highest BCUT2D eigenvalue weighted by Crippen LogP contribution is 2.31. The maximum Gasteiger partial charge on any atom is 0.300 e. The monoisotopic (exact) mass is 356 g/mol. The standard InChI is InChI=1S/C21H16N4O2/c1-3-5-20(26)24-16-8-9-19-18(11-16)21(14(12-22)13-23-19)25-15-6-4-7-17(10-15)27-2/h4,6-11,13H,1-2H3,(H,23,25)(H,24,26). The van der Waals surface area contributed by atoms with Gasteiger partial charge in [-0.05, 0) is 43.2 Å². The van der Waals surface area contributed by atoms with E-state index in [1.807, 2.05) is 24.3 Å². The summed E-state index contributed by atoms with van der Waals surface area (Å²) in [6.07, 6.45) is 1.52. The van der Waals surface area contributed by atoms with Crippen LogP contribution in [0, 0.1) is 23.2 Å². The Morgan fingerprint density at radius 1 is 1.19 bits per heavy atom. The van der Waals surface area contributed by atoms with Crippen molar-refractivity contribution in [3.8, 4) is 23.7 Å². The average molecular weight is 356 g/mol. The van der Waals surface area contributed by atoms with Gasteiger partial charge in [0.1, 0.15) is 11.8 Å². The number of nitrogens with zero attached hydrogens (tertiary/aromatic N) is 2. The molecular weight excluding hydrogens is 340 g/mol. The van der Waals surface area contributed by atoms with Crippen LogP contribution in [-0.4, -0.2) is 18.0 Å². The molecule has 0 atom stereocenters. The Balaban J connectivity index is 2.08. The number of nitrogens with one attached hydrogen (secondary N) is 2. The summed E-state index contributed by atoms with van der Waals surface area (Å²) in [6, 6.07) is 14.8. The fourth-order valence-corrected chi connectivity index (χ4v) is 2.61. The number of benzene rings is 2. The third-order valence-electron chi connectivity index (χ3n) is 3.82. The molecule has 2 N–H and O–H groups in total. The molecule has 0 aliphatic rings. The minimum atomic E-state index is -0.399. The fourth-order valence-electron chi connectivity index (χ4n) is 2.61. The number of hydrogen-bond acceptors (Lipinski definition) is 5. The number of anilines is 3. The minimum Gasteiger partial charge on any atom is -0.497 e. The molecule has 6 heteroatoms. The summed E-state index contributed by atoms with van der Waals surface area (Å²) < 4.78 is 5.24. The molecule has 1 amide bonds. The molecule has 6 nitrogen and oxygen atoms in total. The normalized spacial score (nSPS) is 9.67. The van der Waals surface area contributed by atoms with E-state index in [0.717, 1.165) is 5.69 Å². The largest absolute Gasteiger partial charge is 0.497 e. The molecule has 0 unspecified atom stereocenters. The van der Waals surface area contributed by atoms with E-state index in [1.54, 1.807) is 32.2 Å². The first-order valence-electron chi connectivity index (χ1n) is 8.12. The van der Waals surface area contributed by atoms with E-state index in [4.69, 9.17) is 4.74 Å².